The number of hydrogen-bond acceptors (Lipinski definition) is 4. The molecule has 5 nitrogen and oxygen atoms in total. The molecule has 0 aromatic carbocycles. The number of nitrogens with zero attached hydrogens (tertiary/aromatic N) is 2. The maximum absolute atomic E-state index is 5.35. The third-order valence-electron chi connectivity index (χ3n) is 2.29. The molecule has 16 heavy (non-hydrogen) atoms. The van der Waals surface area contributed by atoms with Gasteiger partial charge in [0.15, 0.2) is 5.11 Å². The first-order chi connectivity index (χ1) is 7.77. The minimum absolute atomic E-state index is 0.169. The van der Waals surface area contributed by atoms with Crippen LogP contribution in [0, 0.1) is 0 Å². The molecule has 0 saturated heterocycles. The van der Waals surface area contributed by atoms with Crippen molar-refractivity contribution in [2.75, 3.05) is 11.9 Å². The zero-order valence-corrected chi connectivity index (χ0v) is 9.55. The maximum Gasteiger partial charge on any atom is 0.184 e. The van der Waals surface area contributed by atoms with Gasteiger partial charge in [0, 0.05) is 12.7 Å². The fraction of sp³-hybridized carbons (Fsp3) is 0.300. The van der Waals surface area contributed by atoms with Crippen molar-refractivity contribution in [3.05, 3.63) is 24.0 Å². The largest absolute Gasteiger partial charge is 0.383 e. The van der Waals surface area contributed by atoms with E-state index >= 15 is 0 Å². The monoisotopic (exact) mass is 235 g/mol. The summed E-state index contributed by atoms with van der Waals surface area (Å²) in [5.74, 6) is 0. The smallest absolute Gasteiger partial charge is 0.184 e. The molecule has 1 aliphatic heterocycles. The average molecular weight is 235 g/mol. The van der Waals surface area contributed by atoms with Gasteiger partial charge >= 0.3 is 0 Å². The second kappa shape index (κ2) is 4.89. The molecule has 0 spiro atoms. The van der Waals surface area contributed by atoms with E-state index in [0.717, 1.165) is 36.5 Å². The normalized spacial score (nSPS) is 17.1. The predicted molar refractivity (Wildman–Crippen MR) is 68.4 cm³/mol. The van der Waals surface area contributed by atoms with Crippen LogP contribution in [-0.2, 0) is 0 Å². The van der Waals surface area contributed by atoms with Crippen LogP contribution in [0.3, 0.4) is 0 Å². The summed E-state index contributed by atoms with van der Waals surface area (Å²) < 4.78 is 0. The Hall–Kier alpha value is -1.69. The highest BCUT2D eigenvalue weighted by atomic mass is 32.1. The molecule has 0 unspecified atom stereocenters. The van der Waals surface area contributed by atoms with Crippen molar-refractivity contribution in [2.24, 2.45) is 10.8 Å². The SMILES string of the molecule is NC(=S)N/N=C1/CCCNc2cccnc21. The van der Waals surface area contributed by atoms with E-state index in [9.17, 15) is 0 Å². The van der Waals surface area contributed by atoms with E-state index in [-0.39, 0.29) is 5.11 Å². The van der Waals surface area contributed by atoms with E-state index in [2.05, 4.69) is 20.8 Å². The van der Waals surface area contributed by atoms with E-state index < -0.39 is 0 Å². The summed E-state index contributed by atoms with van der Waals surface area (Å²) >= 11 is 4.72. The first kappa shape index (κ1) is 10.8. The van der Waals surface area contributed by atoms with Crippen molar-refractivity contribution >= 4 is 28.7 Å². The minimum atomic E-state index is 0.169. The number of thiocarbonyl (C=S) groups is 1. The van der Waals surface area contributed by atoms with Gasteiger partial charge in [0.25, 0.3) is 0 Å². The van der Waals surface area contributed by atoms with Gasteiger partial charge in [-0.1, -0.05) is 0 Å². The predicted octanol–water partition coefficient (Wildman–Crippen LogP) is 0.825. The standard InChI is InChI=1S/C10H13N5S/c11-10(16)15-14-8-4-2-5-12-7-3-1-6-13-9(7)8/h1,3,6,12H,2,4-5H2,(H3,11,15,16)/b14-8-. The molecule has 1 aromatic heterocycles. The summed E-state index contributed by atoms with van der Waals surface area (Å²) in [6.07, 6.45) is 3.61. The highest BCUT2D eigenvalue weighted by Crippen LogP contribution is 2.18. The van der Waals surface area contributed by atoms with Gasteiger partial charge in [-0.05, 0) is 37.2 Å². The van der Waals surface area contributed by atoms with E-state index in [1.54, 1.807) is 6.20 Å². The summed E-state index contributed by atoms with van der Waals surface area (Å²) in [5.41, 5.74) is 10.7. The third kappa shape index (κ3) is 2.46. The number of rotatable bonds is 1. The minimum Gasteiger partial charge on any atom is -0.383 e. The molecule has 2 rings (SSSR count). The lowest BCUT2D eigenvalue weighted by molar-refractivity contribution is 0.911. The maximum atomic E-state index is 5.35. The number of pyridine rings is 1. The molecule has 4 N–H and O–H groups in total. The zero-order chi connectivity index (χ0) is 11.4. The summed E-state index contributed by atoms with van der Waals surface area (Å²) in [5, 5.41) is 7.66. The Morgan fingerprint density at radius 3 is 3.31 bits per heavy atom. The Labute approximate surface area is 99.1 Å². The van der Waals surface area contributed by atoms with Gasteiger partial charge in [-0.25, -0.2) is 0 Å². The molecule has 1 aliphatic rings. The Kier molecular flexibility index (Phi) is 3.31. The third-order valence-corrected chi connectivity index (χ3v) is 2.38. The fourth-order valence-corrected chi connectivity index (χ4v) is 1.65. The van der Waals surface area contributed by atoms with Crippen molar-refractivity contribution < 1.29 is 0 Å². The Morgan fingerprint density at radius 2 is 2.50 bits per heavy atom. The van der Waals surface area contributed by atoms with Gasteiger partial charge in [0.05, 0.1) is 11.4 Å². The molecule has 0 saturated carbocycles. The molecular formula is C10H13N5S. The number of hydrogen-bond donors (Lipinski definition) is 3. The Bertz CT molecular complexity index is 429. The Balaban J connectivity index is 2.32. The van der Waals surface area contributed by atoms with Crippen LogP contribution >= 0.6 is 12.2 Å². The molecular weight excluding hydrogens is 222 g/mol. The summed E-state index contributed by atoms with van der Waals surface area (Å²) in [4.78, 5) is 4.32. The van der Waals surface area contributed by atoms with Crippen LogP contribution in [0.2, 0.25) is 0 Å². The first-order valence-corrected chi connectivity index (χ1v) is 5.49. The molecule has 2 heterocycles. The first-order valence-electron chi connectivity index (χ1n) is 5.08. The highest BCUT2D eigenvalue weighted by Gasteiger charge is 2.14. The molecule has 0 amide bonds. The van der Waals surface area contributed by atoms with Crippen molar-refractivity contribution in [3.63, 3.8) is 0 Å². The number of aromatic nitrogens is 1. The molecule has 0 atom stereocenters. The van der Waals surface area contributed by atoms with Crippen molar-refractivity contribution in [2.45, 2.75) is 12.8 Å². The number of hydrazone groups is 1. The van der Waals surface area contributed by atoms with Gasteiger partial charge in [0.2, 0.25) is 0 Å². The quantitative estimate of drug-likeness (QED) is 0.496. The Morgan fingerprint density at radius 1 is 1.62 bits per heavy atom. The molecule has 84 valence electrons. The van der Waals surface area contributed by atoms with Gasteiger partial charge in [-0.3, -0.25) is 10.4 Å². The number of fused-ring (bicyclic) bond motifs is 1. The topological polar surface area (TPSA) is 75.3 Å². The van der Waals surface area contributed by atoms with Crippen molar-refractivity contribution in [1.82, 2.24) is 10.4 Å². The number of nitrogens with one attached hydrogen (secondary N) is 2. The molecule has 0 aliphatic carbocycles. The van der Waals surface area contributed by atoms with E-state index in [0.29, 0.717) is 0 Å². The van der Waals surface area contributed by atoms with Crippen LogP contribution in [0.4, 0.5) is 5.69 Å². The van der Waals surface area contributed by atoms with Crippen LogP contribution in [-0.4, -0.2) is 22.4 Å². The highest BCUT2D eigenvalue weighted by molar-refractivity contribution is 7.80. The van der Waals surface area contributed by atoms with E-state index in [4.69, 9.17) is 18.0 Å². The second-order valence-corrected chi connectivity index (χ2v) is 3.90. The van der Waals surface area contributed by atoms with Crippen LogP contribution in [0.15, 0.2) is 23.4 Å². The van der Waals surface area contributed by atoms with Crippen LogP contribution in [0.1, 0.15) is 18.5 Å². The molecule has 1 aromatic rings. The number of nitrogens with two attached hydrogens (primary N) is 1. The van der Waals surface area contributed by atoms with Gasteiger partial charge < -0.3 is 11.1 Å². The summed E-state index contributed by atoms with van der Waals surface area (Å²) in [6.45, 7) is 0.921. The molecule has 0 bridgehead atoms. The molecule has 6 heteroatoms. The van der Waals surface area contributed by atoms with Gasteiger partial charge in [-0.2, -0.15) is 5.10 Å². The van der Waals surface area contributed by atoms with Crippen LogP contribution in [0.25, 0.3) is 0 Å². The van der Waals surface area contributed by atoms with E-state index in [1.165, 1.54) is 0 Å². The van der Waals surface area contributed by atoms with Crippen molar-refractivity contribution in [3.8, 4) is 0 Å². The summed E-state index contributed by atoms with van der Waals surface area (Å²) in [7, 11) is 0. The van der Waals surface area contributed by atoms with Crippen molar-refractivity contribution in [1.29, 1.82) is 0 Å². The lowest BCUT2D eigenvalue weighted by Gasteiger charge is -2.06. The summed E-state index contributed by atoms with van der Waals surface area (Å²) in [6, 6.07) is 3.89. The lowest BCUT2D eigenvalue weighted by Crippen LogP contribution is -2.25. The van der Waals surface area contributed by atoms with Crippen LogP contribution < -0.4 is 16.5 Å². The molecule has 0 radical (unpaired) electrons. The lowest BCUT2D eigenvalue weighted by atomic mass is 10.1. The fourth-order valence-electron chi connectivity index (χ4n) is 1.61. The molecule has 0 fully saturated rings. The van der Waals surface area contributed by atoms with Gasteiger partial charge in [0.1, 0.15) is 5.69 Å². The second-order valence-electron chi connectivity index (χ2n) is 3.46. The number of anilines is 1. The zero-order valence-electron chi connectivity index (χ0n) is 8.73. The van der Waals surface area contributed by atoms with Crippen LogP contribution in [0.5, 0.6) is 0 Å². The van der Waals surface area contributed by atoms with E-state index in [1.807, 2.05) is 12.1 Å². The van der Waals surface area contributed by atoms with Gasteiger partial charge in [-0.15, -0.1) is 0 Å². The average Bonchev–Trinajstić information content (AvgIpc) is 2.48.